The van der Waals surface area contributed by atoms with Gasteiger partial charge < -0.3 is 14.2 Å². The van der Waals surface area contributed by atoms with E-state index in [1.807, 2.05) is 12.2 Å². The lowest BCUT2D eigenvalue weighted by atomic mass is 9.45. The number of ether oxygens (including phenoxy) is 3. The Balaban J connectivity index is 0.000000100. The summed E-state index contributed by atoms with van der Waals surface area (Å²) in [5, 5.41) is 0. The van der Waals surface area contributed by atoms with E-state index in [0.717, 1.165) is 130 Å². The van der Waals surface area contributed by atoms with E-state index in [1.54, 1.807) is 18.2 Å². The number of ketones is 3. The quantitative estimate of drug-likeness (QED) is 0.145. The molecule has 0 saturated heterocycles. The van der Waals surface area contributed by atoms with Gasteiger partial charge in [0.05, 0.1) is 0 Å². The van der Waals surface area contributed by atoms with Gasteiger partial charge in [-0.2, -0.15) is 0 Å². The molecule has 9 heteroatoms. The number of carbonyl (C=O) groups is 6. The molecule has 19 aliphatic rings. The fourth-order valence-electron chi connectivity index (χ4n) is 27.7. The topological polar surface area (TPSA) is 130 Å². The fourth-order valence-corrected chi connectivity index (χ4v) is 27.7. The second-order valence-electron chi connectivity index (χ2n) is 32.3. The van der Waals surface area contributed by atoms with Gasteiger partial charge in [0, 0.05) is 71.5 Å². The van der Waals surface area contributed by atoms with Gasteiger partial charge in [-0.05, 0) is 277 Å². The smallest absolute Gasteiger partial charge is 0.331 e. The number of hydrogen-bond donors (Lipinski definition) is 0. The van der Waals surface area contributed by atoms with Crippen LogP contribution in [0.25, 0.3) is 0 Å². The monoisotopic (exact) mass is 1150 g/mol. The Kier molecular flexibility index (Phi) is 12.1. The normalized spacial score (nSPS) is 53.6. The number of rotatable bonds is 6. The molecule has 85 heavy (non-hydrogen) atoms. The number of carbonyl (C=O) groups excluding carboxylic acids is 6. The van der Waals surface area contributed by atoms with Crippen molar-refractivity contribution >= 4 is 35.3 Å². The van der Waals surface area contributed by atoms with Gasteiger partial charge in [-0.15, -0.1) is 6.58 Å². The van der Waals surface area contributed by atoms with Crippen molar-refractivity contribution in [1.82, 2.24) is 0 Å². The first-order chi connectivity index (χ1) is 41.2. The summed E-state index contributed by atoms with van der Waals surface area (Å²) in [5.41, 5.74) is 3.82. The van der Waals surface area contributed by atoms with Crippen LogP contribution in [-0.4, -0.2) is 52.1 Å². The van der Waals surface area contributed by atoms with Crippen molar-refractivity contribution in [3.05, 3.63) is 84.1 Å². The predicted molar refractivity (Wildman–Crippen MR) is 321 cm³/mol. The number of esters is 3. The van der Waals surface area contributed by atoms with Gasteiger partial charge in [0.2, 0.25) is 0 Å². The Bertz CT molecular complexity index is 3170. The molecule has 19 rings (SSSR count). The summed E-state index contributed by atoms with van der Waals surface area (Å²) in [6, 6.07) is 0. The molecule has 9 nitrogen and oxygen atoms in total. The molecule has 16 aliphatic carbocycles. The van der Waals surface area contributed by atoms with Crippen molar-refractivity contribution in [3.8, 4) is 0 Å². The van der Waals surface area contributed by atoms with Crippen molar-refractivity contribution in [2.45, 2.75) is 199 Å². The minimum absolute atomic E-state index is 0.0946. The Hall–Kier alpha value is -4.40. The molecule has 13 fully saturated rings. The Morgan fingerprint density at radius 2 is 0.847 bits per heavy atom. The van der Waals surface area contributed by atoms with E-state index in [0.29, 0.717) is 94.3 Å². The number of allylic oxidation sites excluding steroid dienone is 4. The van der Waals surface area contributed by atoms with Gasteiger partial charge in [0.25, 0.3) is 0 Å². The summed E-state index contributed by atoms with van der Waals surface area (Å²) in [5.74, 6) is 15.5. The molecule has 0 N–H and O–H groups in total. The summed E-state index contributed by atoms with van der Waals surface area (Å²) in [6.07, 6.45) is 46.9. The molecule has 27 atom stereocenters. The van der Waals surface area contributed by atoms with E-state index in [9.17, 15) is 28.8 Å². The average molecular weight is 1150 g/mol. The summed E-state index contributed by atoms with van der Waals surface area (Å²) < 4.78 is 18.6. The molecule has 0 aromatic rings. The summed E-state index contributed by atoms with van der Waals surface area (Å²) in [7, 11) is 0. The maximum Gasteiger partial charge on any atom is 0.331 e. The van der Waals surface area contributed by atoms with Crippen LogP contribution in [0.3, 0.4) is 0 Å². The third-order valence-electron chi connectivity index (χ3n) is 30.6. The van der Waals surface area contributed by atoms with Crippen LogP contribution in [-0.2, 0) is 43.0 Å². The lowest BCUT2D eigenvalue weighted by Gasteiger charge is -2.60. The molecule has 0 bridgehead atoms. The molecule has 3 heterocycles. The van der Waals surface area contributed by atoms with E-state index in [4.69, 9.17) is 14.2 Å². The maximum absolute atomic E-state index is 12.2. The minimum Gasteiger partial charge on any atom is -0.451 e. The minimum atomic E-state index is -0.344. The van der Waals surface area contributed by atoms with Gasteiger partial charge >= 0.3 is 17.9 Å². The zero-order valence-corrected chi connectivity index (χ0v) is 51.3. The molecule has 0 aromatic heterocycles. The number of hydrogen-bond acceptors (Lipinski definition) is 9. The second kappa shape index (κ2) is 18.8. The Labute approximate surface area is 504 Å². The van der Waals surface area contributed by atoms with Crippen molar-refractivity contribution in [2.24, 2.45) is 146 Å². The summed E-state index contributed by atoms with van der Waals surface area (Å²) in [4.78, 5) is 72.9. The van der Waals surface area contributed by atoms with E-state index in [2.05, 4.69) is 64.7 Å². The van der Waals surface area contributed by atoms with Crippen molar-refractivity contribution in [3.63, 3.8) is 0 Å². The first-order valence-electron chi connectivity index (χ1n) is 35.3. The van der Waals surface area contributed by atoms with Gasteiger partial charge in [0.15, 0.2) is 17.3 Å². The van der Waals surface area contributed by atoms with E-state index in [-0.39, 0.29) is 51.0 Å². The highest BCUT2D eigenvalue weighted by Crippen LogP contribution is 2.83. The molecule has 3 spiro atoms. The van der Waals surface area contributed by atoms with Crippen LogP contribution in [0.15, 0.2) is 84.1 Å². The van der Waals surface area contributed by atoms with Gasteiger partial charge in [-0.3, -0.25) is 14.4 Å². The van der Waals surface area contributed by atoms with Crippen LogP contribution < -0.4 is 0 Å². The predicted octanol–water partition coefficient (Wildman–Crippen LogP) is 14.4. The lowest BCUT2D eigenvalue weighted by molar-refractivity contribution is -0.176. The van der Waals surface area contributed by atoms with Crippen LogP contribution in [0.1, 0.15) is 182 Å². The second-order valence-corrected chi connectivity index (χ2v) is 32.3. The fraction of sp³-hybridized carbons (Fsp3) is 0.737. The van der Waals surface area contributed by atoms with E-state index < -0.39 is 0 Å². The molecule has 0 amide bonds. The highest BCUT2D eigenvalue weighted by Gasteiger charge is 2.82. The third-order valence-corrected chi connectivity index (χ3v) is 30.6. The molecule has 0 radical (unpaired) electrons. The third kappa shape index (κ3) is 7.17. The van der Waals surface area contributed by atoms with Gasteiger partial charge in [0.1, 0.15) is 16.8 Å². The van der Waals surface area contributed by atoms with Crippen LogP contribution >= 0.6 is 0 Å². The van der Waals surface area contributed by atoms with E-state index >= 15 is 0 Å². The highest BCUT2D eigenvalue weighted by atomic mass is 16.6. The summed E-state index contributed by atoms with van der Waals surface area (Å²) >= 11 is 0. The SMILES string of the molecule is C=CC1CC2=CC(=O)CC[C@@H]2C2CC[C@@]3(CC)C(C4CC4[C@@]34C=CC(=O)O4)C12.CCC1CC2=CC(=O)CC[C@@H]2C2CC[C@@]3(CC)C(C4CC4[C@@]34C=CC(=O)O4)C12.CC[C@]12CCC3C(C(C4CC4)CC4=CC(=O)CC[C@@H]43)C1C1CC1[C@@]21C=CC(=O)O1. The number of fused-ring (bicyclic) bond motifs is 27. The molecular weight excluding hydrogens is 1060 g/mol. The van der Waals surface area contributed by atoms with E-state index in [1.165, 1.54) is 93.8 Å². The van der Waals surface area contributed by atoms with Crippen molar-refractivity contribution in [2.75, 3.05) is 0 Å². The molecule has 452 valence electrons. The zero-order chi connectivity index (χ0) is 58.1. The largest absolute Gasteiger partial charge is 0.451 e. The standard InChI is InChI=1S/C26H32O3.C25H32O3.C25H30O3/c1-2-25-9-7-18-17-6-5-16(27)11-15(17)12-19(14-3-4-14)23(18)24(25)20-13-21(20)26(25)10-8-22(28)29-26;2*1-3-14-11-15-12-16(26)5-6-17(15)18-7-9-24(4-2)23(22(14)18)19-13-20(19)25(24)10-8-21(27)28-25/h8,10-11,14,17-21,23-24H,2-7,9,12-13H2,1H3;8,10,12,14,17-20,22-23H,3-7,9,11,13H2,1-2H3;3,8,10,12,14,17-20,22-23H,1,4-7,9,11,13H2,2H3/t17-,18?,19?,20?,21?,23?,24?,25-,26-;2*14?,17-,18?,19?,20?,22?,23?,24-,25-/m000/s1. The summed E-state index contributed by atoms with van der Waals surface area (Å²) in [6.45, 7) is 13.6. The van der Waals surface area contributed by atoms with Gasteiger partial charge in [-0.25, -0.2) is 14.4 Å². The average Bonchev–Trinajstić information content (AvgIpc) is 1.52. The van der Waals surface area contributed by atoms with Crippen LogP contribution in [0.5, 0.6) is 0 Å². The highest BCUT2D eigenvalue weighted by molar-refractivity contribution is 5.93. The van der Waals surface area contributed by atoms with Crippen LogP contribution in [0.4, 0.5) is 0 Å². The maximum atomic E-state index is 12.2. The molecule has 3 aliphatic heterocycles. The van der Waals surface area contributed by atoms with Crippen LogP contribution in [0.2, 0.25) is 0 Å². The zero-order valence-electron chi connectivity index (χ0n) is 51.3. The first kappa shape index (κ1) is 54.7. The lowest BCUT2D eigenvalue weighted by Crippen LogP contribution is -2.58. The molecule has 18 unspecified atom stereocenters. The van der Waals surface area contributed by atoms with Crippen molar-refractivity contribution in [1.29, 1.82) is 0 Å². The Morgan fingerprint density at radius 1 is 0.459 bits per heavy atom. The first-order valence-corrected chi connectivity index (χ1v) is 35.3. The van der Waals surface area contributed by atoms with Crippen molar-refractivity contribution < 1.29 is 43.0 Å². The molecule has 0 aromatic carbocycles. The Morgan fingerprint density at radius 3 is 1.24 bits per heavy atom. The molecular formula is C76H94O9. The van der Waals surface area contributed by atoms with Crippen LogP contribution in [0, 0.1) is 146 Å². The van der Waals surface area contributed by atoms with Gasteiger partial charge in [-0.1, -0.05) is 56.9 Å². The molecule has 13 saturated carbocycles.